The normalized spacial score (nSPS) is 15.0. The number of fused-ring (bicyclic) bond motifs is 3. The van der Waals surface area contributed by atoms with Crippen LogP contribution in [-0.2, 0) is 12.8 Å². The number of anilines is 1. The molecule has 4 nitrogen and oxygen atoms in total. The lowest BCUT2D eigenvalue weighted by Gasteiger charge is -2.25. The average molecular weight is 338 g/mol. The summed E-state index contributed by atoms with van der Waals surface area (Å²) in [4.78, 5) is 13.9. The van der Waals surface area contributed by atoms with Crippen LogP contribution < -0.4 is 5.32 Å². The van der Waals surface area contributed by atoms with Gasteiger partial charge in [-0.3, -0.25) is 0 Å². The van der Waals surface area contributed by atoms with Crippen LogP contribution in [0.15, 0.2) is 36.7 Å². The summed E-state index contributed by atoms with van der Waals surface area (Å²) in [5.41, 5.74) is 2.79. The number of nitrogens with zero attached hydrogens (tertiary/aromatic N) is 3. The van der Waals surface area contributed by atoms with Crippen LogP contribution in [0.3, 0.4) is 0 Å². The summed E-state index contributed by atoms with van der Waals surface area (Å²) in [7, 11) is 4.24. The molecule has 1 aromatic carbocycles. The van der Waals surface area contributed by atoms with E-state index >= 15 is 0 Å². The maximum Gasteiger partial charge on any atom is 0.138 e. The first-order chi connectivity index (χ1) is 11.7. The molecule has 1 atom stereocenters. The van der Waals surface area contributed by atoms with E-state index in [-0.39, 0.29) is 0 Å². The molecule has 124 valence electrons. The Morgan fingerprint density at radius 1 is 1.17 bits per heavy atom. The van der Waals surface area contributed by atoms with Gasteiger partial charge in [-0.05, 0) is 44.5 Å². The number of hydrogen-bond acceptors (Lipinski definition) is 5. The molecule has 0 aliphatic heterocycles. The maximum atomic E-state index is 4.55. The average Bonchev–Trinajstić information content (AvgIpc) is 3.16. The molecule has 2 heterocycles. The van der Waals surface area contributed by atoms with Gasteiger partial charge in [-0.15, -0.1) is 11.3 Å². The fourth-order valence-electron chi connectivity index (χ4n) is 3.53. The third-order valence-corrected chi connectivity index (χ3v) is 5.97. The molecule has 3 aromatic rings. The summed E-state index contributed by atoms with van der Waals surface area (Å²) >= 11 is 1.84. The lowest BCUT2D eigenvalue weighted by molar-refractivity contribution is 0.311. The molecule has 0 saturated carbocycles. The molecule has 4 rings (SSSR count). The van der Waals surface area contributed by atoms with Gasteiger partial charge in [0.05, 0.1) is 11.4 Å². The van der Waals surface area contributed by atoms with Gasteiger partial charge in [0.1, 0.15) is 17.0 Å². The topological polar surface area (TPSA) is 41.0 Å². The number of hydrogen-bond donors (Lipinski definition) is 1. The van der Waals surface area contributed by atoms with Gasteiger partial charge in [-0.2, -0.15) is 0 Å². The molecule has 0 bridgehead atoms. The van der Waals surface area contributed by atoms with Gasteiger partial charge in [0.15, 0.2) is 0 Å². The van der Waals surface area contributed by atoms with E-state index in [4.69, 9.17) is 0 Å². The molecule has 1 aliphatic rings. The molecule has 0 spiro atoms. The quantitative estimate of drug-likeness (QED) is 0.766. The highest BCUT2D eigenvalue weighted by atomic mass is 32.1. The van der Waals surface area contributed by atoms with E-state index < -0.39 is 0 Å². The zero-order valence-electron chi connectivity index (χ0n) is 14.1. The van der Waals surface area contributed by atoms with Crippen LogP contribution in [0, 0.1) is 0 Å². The fraction of sp³-hybridized carbons (Fsp3) is 0.368. The van der Waals surface area contributed by atoms with Crippen molar-refractivity contribution in [1.82, 2.24) is 14.9 Å². The Morgan fingerprint density at radius 2 is 2.00 bits per heavy atom. The lowest BCUT2D eigenvalue weighted by Crippen LogP contribution is -2.27. The molecule has 24 heavy (non-hydrogen) atoms. The molecule has 0 fully saturated rings. The van der Waals surface area contributed by atoms with E-state index in [9.17, 15) is 0 Å². The van der Waals surface area contributed by atoms with Crippen molar-refractivity contribution in [3.05, 3.63) is 52.7 Å². The third kappa shape index (κ3) is 2.78. The van der Waals surface area contributed by atoms with Crippen LogP contribution in [0.25, 0.3) is 10.2 Å². The molecule has 0 saturated heterocycles. The Hall–Kier alpha value is -1.98. The summed E-state index contributed by atoms with van der Waals surface area (Å²) in [6.07, 6.45) is 5.30. The molecule has 2 aromatic heterocycles. The lowest BCUT2D eigenvalue weighted by atomic mass is 10.1. The molecular weight excluding hydrogens is 316 g/mol. The van der Waals surface area contributed by atoms with E-state index in [1.165, 1.54) is 34.2 Å². The monoisotopic (exact) mass is 338 g/mol. The molecule has 1 N–H and O–H groups in total. The van der Waals surface area contributed by atoms with Crippen LogP contribution in [0.5, 0.6) is 0 Å². The zero-order chi connectivity index (χ0) is 16.5. The first kappa shape index (κ1) is 15.5. The molecule has 0 unspecified atom stereocenters. The van der Waals surface area contributed by atoms with E-state index in [0.29, 0.717) is 6.04 Å². The highest BCUT2D eigenvalue weighted by molar-refractivity contribution is 7.19. The summed E-state index contributed by atoms with van der Waals surface area (Å²) in [5, 5.41) is 4.85. The Labute approximate surface area is 146 Å². The molecule has 5 heteroatoms. The Balaban J connectivity index is 1.62. The number of likely N-dealkylation sites (N-methyl/N-ethyl adjacent to an activating group) is 1. The van der Waals surface area contributed by atoms with Gasteiger partial charge in [0.2, 0.25) is 0 Å². The molecular formula is C19H22N4S. The minimum atomic E-state index is 0.308. The van der Waals surface area contributed by atoms with Gasteiger partial charge >= 0.3 is 0 Å². The van der Waals surface area contributed by atoms with Gasteiger partial charge in [0, 0.05) is 11.4 Å². The van der Waals surface area contributed by atoms with Crippen molar-refractivity contribution in [1.29, 1.82) is 0 Å². The second-order valence-corrected chi connectivity index (χ2v) is 7.61. The number of benzene rings is 1. The molecule has 0 amide bonds. The number of rotatable bonds is 5. The van der Waals surface area contributed by atoms with E-state index in [1.807, 2.05) is 11.3 Å². The second kappa shape index (κ2) is 6.49. The van der Waals surface area contributed by atoms with Crippen molar-refractivity contribution in [2.75, 3.05) is 26.0 Å². The summed E-state index contributed by atoms with van der Waals surface area (Å²) < 4.78 is 0. The Morgan fingerprint density at radius 3 is 2.79 bits per heavy atom. The Bertz CT molecular complexity index is 841. The highest BCUT2D eigenvalue weighted by Gasteiger charge is 2.22. The minimum absolute atomic E-state index is 0.308. The molecule has 0 radical (unpaired) electrons. The predicted molar refractivity (Wildman–Crippen MR) is 101 cm³/mol. The van der Waals surface area contributed by atoms with Crippen LogP contribution in [0.2, 0.25) is 0 Å². The van der Waals surface area contributed by atoms with Gasteiger partial charge in [-0.25, -0.2) is 9.97 Å². The van der Waals surface area contributed by atoms with E-state index in [1.54, 1.807) is 6.33 Å². The highest BCUT2D eigenvalue weighted by Crippen LogP contribution is 2.39. The summed E-state index contributed by atoms with van der Waals surface area (Å²) in [6, 6.07) is 10.9. The van der Waals surface area contributed by atoms with Crippen molar-refractivity contribution >= 4 is 27.4 Å². The van der Waals surface area contributed by atoms with Crippen molar-refractivity contribution < 1.29 is 0 Å². The third-order valence-electron chi connectivity index (χ3n) is 4.77. The predicted octanol–water partition coefficient (Wildman–Crippen LogP) is 3.89. The van der Waals surface area contributed by atoms with Crippen molar-refractivity contribution in [3.8, 4) is 0 Å². The van der Waals surface area contributed by atoms with Gasteiger partial charge < -0.3 is 10.2 Å². The number of aromatic nitrogens is 2. The number of thiophene rings is 1. The summed E-state index contributed by atoms with van der Waals surface area (Å²) in [6.45, 7) is 0.827. The van der Waals surface area contributed by atoms with Crippen molar-refractivity contribution in [2.45, 2.75) is 25.3 Å². The first-order valence-electron chi connectivity index (χ1n) is 8.44. The zero-order valence-corrected chi connectivity index (χ0v) is 14.9. The van der Waals surface area contributed by atoms with Crippen LogP contribution >= 0.6 is 11.3 Å². The smallest absolute Gasteiger partial charge is 0.138 e. The Kier molecular flexibility index (Phi) is 4.21. The second-order valence-electron chi connectivity index (χ2n) is 6.53. The van der Waals surface area contributed by atoms with Gasteiger partial charge in [-0.1, -0.05) is 30.3 Å². The maximum absolute atomic E-state index is 4.55. The van der Waals surface area contributed by atoms with E-state index in [0.717, 1.165) is 23.6 Å². The largest absolute Gasteiger partial charge is 0.368 e. The summed E-state index contributed by atoms with van der Waals surface area (Å²) in [5.74, 6) is 0.988. The standard InChI is InChI=1S/C19H22N4S/c1-23(2)15(13-7-4-3-5-8-13)11-20-18-17-14-9-6-10-16(14)24-19(17)22-12-21-18/h3-5,7-8,12,15H,6,9-11H2,1-2H3,(H,20,21,22)/t15-/m1/s1. The van der Waals surface area contributed by atoms with Crippen molar-refractivity contribution in [2.24, 2.45) is 0 Å². The first-order valence-corrected chi connectivity index (χ1v) is 9.26. The SMILES string of the molecule is CN(C)[C@H](CNc1ncnc2sc3c(c12)CCC3)c1ccccc1. The van der Waals surface area contributed by atoms with Crippen LogP contribution in [-0.4, -0.2) is 35.5 Å². The number of nitrogens with one attached hydrogen (secondary N) is 1. The minimum Gasteiger partial charge on any atom is -0.368 e. The van der Waals surface area contributed by atoms with Crippen LogP contribution in [0.1, 0.15) is 28.5 Å². The molecule has 1 aliphatic carbocycles. The van der Waals surface area contributed by atoms with E-state index in [2.05, 4.69) is 64.6 Å². The van der Waals surface area contributed by atoms with Crippen LogP contribution in [0.4, 0.5) is 5.82 Å². The van der Waals surface area contributed by atoms with Gasteiger partial charge in [0.25, 0.3) is 0 Å². The van der Waals surface area contributed by atoms with Crippen molar-refractivity contribution in [3.63, 3.8) is 0 Å². The number of aryl methyl sites for hydroxylation is 2. The fourth-order valence-corrected chi connectivity index (χ4v) is 4.76.